The number of hydrogen-bond acceptors (Lipinski definition) is 3. The topological polar surface area (TPSA) is 83.2 Å². The minimum Gasteiger partial charge on any atom is -0.361 e. The minimum atomic E-state index is -0.887. The summed E-state index contributed by atoms with van der Waals surface area (Å²) in [4.78, 5) is 27.1. The summed E-state index contributed by atoms with van der Waals surface area (Å²) in [7, 11) is 0. The number of aromatic amines is 1. The van der Waals surface area contributed by atoms with Gasteiger partial charge in [0.1, 0.15) is 6.04 Å². The third kappa shape index (κ3) is 2.62. The fourth-order valence-corrected chi connectivity index (χ4v) is 2.56. The van der Waals surface area contributed by atoms with E-state index in [2.05, 4.69) is 15.6 Å². The lowest BCUT2D eigenvalue weighted by molar-refractivity contribution is -0.148. The maximum Gasteiger partial charge on any atom is 0.270 e. The van der Waals surface area contributed by atoms with E-state index in [0.29, 0.717) is 13.0 Å². The largest absolute Gasteiger partial charge is 0.361 e. The average Bonchev–Trinajstić information content (AvgIpc) is 2.88. The van der Waals surface area contributed by atoms with E-state index in [0.717, 1.165) is 16.5 Å². The predicted octanol–water partition coefficient (Wildman–Crippen LogP) is 0.688. The van der Waals surface area contributed by atoms with Crippen LogP contribution in [-0.2, 0) is 20.7 Å². The number of rotatable bonds is 4. The summed E-state index contributed by atoms with van der Waals surface area (Å²) in [6.45, 7) is 2.14. The van der Waals surface area contributed by atoms with Gasteiger partial charge >= 0.3 is 0 Å². The van der Waals surface area contributed by atoms with Crippen LogP contribution in [0.3, 0.4) is 0 Å². The Kier molecular flexibility index (Phi) is 3.62. The maximum atomic E-state index is 12.1. The zero-order valence-electron chi connectivity index (χ0n) is 11.7. The van der Waals surface area contributed by atoms with Crippen LogP contribution in [0.1, 0.15) is 12.5 Å². The number of carbonyl (C=O) groups is 2. The molecule has 2 heterocycles. The smallest absolute Gasteiger partial charge is 0.270 e. The molecule has 3 N–H and O–H groups in total. The Hall–Kier alpha value is -2.34. The first-order chi connectivity index (χ1) is 10.2. The number of carbonyl (C=O) groups excluding carboxylic acids is 2. The number of benzene rings is 1. The lowest BCUT2D eigenvalue weighted by Crippen LogP contribution is -2.63. The number of aromatic nitrogens is 1. The van der Waals surface area contributed by atoms with Gasteiger partial charge in [-0.25, -0.2) is 0 Å². The van der Waals surface area contributed by atoms with Crippen molar-refractivity contribution >= 4 is 22.7 Å². The van der Waals surface area contributed by atoms with Gasteiger partial charge in [0.05, 0.1) is 0 Å². The lowest BCUT2D eigenvalue weighted by atomic mass is 10.0. The zero-order valence-corrected chi connectivity index (χ0v) is 11.7. The molecule has 2 unspecified atom stereocenters. The van der Waals surface area contributed by atoms with Crippen LogP contribution in [0, 0.1) is 0 Å². The quantitative estimate of drug-likeness (QED) is 0.773. The minimum absolute atomic E-state index is 0.224. The van der Waals surface area contributed by atoms with Gasteiger partial charge in [-0.3, -0.25) is 9.59 Å². The van der Waals surface area contributed by atoms with Gasteiger partial charge in [-0.2, -0.15) is 0 Å². The highest BCUT2D eigenvalue weighted by molar-refractivity contribution is 5.96. The molecular weight excluding hydrogens is 270 g/mol. The highest BCUT2D eigenvalue weighted by Gasteiger charge is 2.34. The van der Waals surface area contributed by atoms with Crippen LogP contribution in [0.5, 0.6) is 0 Å². The second kappa shape index (κ2) is 5.57. The Labute approximate surface area is 121 Å². The van der Waals surface area contributed by atoms with Gasteiger partial charge in [0.15, 0.2) is 0 Å². The van der Waals surface area contributed by atoms with Crippen molar-refractivity contribution in [1.82, 2.24) is 15.6 Å². The molecule has 1 aliphatic heterocycles. The molecule has 1 saturated heterocycles. The number of ether oxygens (including phenoxy) is 1. The van der Waals surface area contributed by atoms with Crippen LogP contribution >= 0.6 is 0 Å². The first-order valence-corrected chi connectivity index (χ1v) is 6.96. The first kappa shape index (κ1) is 13.6. The van der Waals surface area contributed by atoms with E-state index < -0.39 is 12.3 Å². The number of amides is 2. The van der Waals surface area contributed by atoms with Crippen LogP contribution in [0.4, 0.5) is 0 Å². The number of fused-ring (bicyclic) bond motifs is 1. The van der Waals surface area contributed by atoms with E-state index in [1.807, 2.05) is 30.5 Å². The van der Waals surface area contributed by atoms with E-state index in [1.54, 1.807) is 6.92 Å². The van der Waals surface area contributed by atoms with E-state index in [4.69, 9.17) is 4.74 Å². The second-order valence-electron chi connectivity index (χ2n) is 4.97. The van der Waals surface area contributed by atoms with Crippen molar-refractivity contribution in [3.63, 3.8) is 0 Å². The first-order valence-electron chi connectivity index (χ1n) is 6.96. The van der Waals surface area contributed by atoms with Crippen molar-refractivity contribution in [3.05, 3.63) is 36.0 Å². The molecule has 110 valence electrons. The van der Waals surface area contributed by atoms with E-state index in [1.165, 1.54) is 0 Å². The predicted molar refractivity (Wildman–Crippen MR) is 77.5 cm³/mol. The van der Waals surface area contributed by atoms with Crippen molar-refractivity contribution in [2.24, 2.45) is 0 Å². The van der Waals surface area contributed by atoms with Crippen LogP contribution in [0.25, 0.3) is 10.9 Å². The number of hydrogen-bond donors (Lipinski definition) is 3. The molecule has 2 aromatic rings. The molecule has 0 saturated carbocycles. The highest BCUT2D eigenvalue weighted by Crippen LogP contribution is 2.19. The van der Waals surface area contributed by atoms with Crippen molar-refractivity contribution in [2.75, 3.05) is 6.61 Å². The van der Waals surface area contributed by atoms with Crippen LogP contribution in [0.2, 0.25) is 0 Å². The van der Waals surface area contributed by atoms with E-state index >= 15 is 0 Å². The van der Waals surface area contributed by atoms with Gasteiger partial charge in [-0.15, -0.1) is 0 Å². The Morgan fingerprint density at radius 2 is 1.95 bits per heavy atom. The number of para-hydroxylation sites is 1. The standard InChI is InChI=1S/C15H17N3O3/c1-2-21-15-14(20)17-12(13(19)18-15)7-9-8-16-11-6-4-3-5-10(9)11/h3-6,8,12,15-16H,2,7H2,1H3,(H,17,20)(H,18,19). The third-order valence-corrected chi connectivity index (χ3v) is 3.58. The van der Waals surface area contributed by atoms with E-state index in [-0.39, 0.29) is 11.8 Å². The molecule has 3 rings (SSSR count). The lowest BCUT2D eigenvalue weighted by Gasteiger charge is -2.29. The number of H-pyrrole nitrogens is 1. The molecule has 0 spiro atoms. The molecule has 1 fully saturated rings. The van der Waals surface area contributed by atoms with Crippen molar-refractivity contribution in [1.29, 1.82) is 0 Å². The monoisotopic (exact) mass is 287 g/mol. The second-order valence-corrected chi connectivity index (χ2v) is 4.97. The Bertz CT molecular complexity index is 680. The number of piperazine rings is 1. The fourth-order valence-electron chi connectivity index (χ4n) is 2.56. The van der Waals surface area contributed by atoms with Crippen molar-refractivity contribution in [3.8, 4) is 0 Å². The Balaban J connectivity index is 1.76. The Morgan fingerprint density at radius 1 is 1.14 bits per heavy atom. The summed E-state index contributed by atoms with van der Waals surface area (Å²) in [5.41, 5.74) is 2.02. The third-order valence-electron chi connectivity index (χ3n) is 3.58. The molecule has 6 nitrogen and oxygen atoms in total. The molecule has 0 aliphatic carbocycles. The molecule has 2 atom stereocenters. The van der Waals surface area contributed by atoms with Gasteiger partial charge in [-0.1, -0.05) is 18.2 Å². The average molecular weight is 287 g/mol. The molecule has 21 heavy (non-hydrogen) atoms. The molecule has 1 aromatic carbocycles. The van der Waals surface area contributed by atoms with Gasteiger partial charge in [0.2, 0.25) is 12.1 Å². The van der Waals surface area contributed by atoms with Crippen LogP contribution in [0.15, 0.2) is 30.5 Å². The summed E-state index contributed by atoms with van der Waals surface area (Å²) in [5, 5.41) is 6.37. The molecule has 6 heteroatoms. The van der Waals surface area contributed by atoms with Gasteiger partial charge < -0.3 is 20.4 Å². The number of nitrogens with one attached hydrogen (secondary N) is 3. The van der Waals surface area contributed by atoms with Gasteiger partial charge in [0, 0.05) is 30.1 Å². The summed E-state index contributed by atoms with van der Waals surface area (Å²) in [6, 6.07) is 7.29. The summed E-state index contributed by atoms with van der Waals surface area (Å²) >= 11 is 0. The van der Waals surface area contributed by atoms with Crippen molar-refractivity contribution in [2.45, 2.75) is 25.6 Å². The molecule has 1 aliphatic rings. The molecule has 1 aromatic heterocycles. The Morgan fingerprint density at radius 3 is 2.76 bits per heavy atom. The normalized spacial score (nSPS) is 22.1. The fraction of sp³-hybridized carbons (Fsp3) is 0.333. The van der Waals surface area contributed by atoms with Crippen LogP contribution < -0.4 is 10.6 Å². The summed E-state index contributed by atoms with van der Waals surface area (Å²) in [6.07, 6.45) is 1.43. The summed E-state index contributed by atoms with van der Waals surface area (Å²) < 4.78 is 5.17. The van der Waals surface area contributed by atoms with E-state index in [9.17, 15) is 9.59 Å². The van der Waals surface area contributed by atoms with Crippen LogP contribution in [-0.4, -0.2) is 35.7 Å². The zero-order chi connectivity index (χ0) is 14.8. The molecular formula is C15H17N3O3. The summed E-state index contributed by atoms with van der Waals surface area (Å²) in [5.74, 6) is -0.528. The molecule has 0 radical (unpaired) electrons. The molecule has 2 amide bonds. The van der Waals surface area contributed by atoms with Crippen molar-refractivity contribution < 1.29 is 14.3 Å². The maximum absolute atomic E-state index is 12.1. The van der Waals surface area contributed by atoms with Gasteiger partial charge in [0.25, 0.3) is 5.91 Å². The van der Waals surface area contributed by atoms with Gasteiger partial charge in [-0.05, 0) is 18.6 Å². The molecule has 0 bridgehead atoms. The highest BCUT2D eigenvalue weighted by atomic mass is 16.5. The SMILES string of the molecule is CCOC1NC(=O)C(Cc2c[nH]c3ccccc23)NC1=O.